The normalized spacial score (nSPS) is 11.6. The maximum absolute atomic E-state index is 12.5. The second-order valence-electron chi connectivity index (χ2n) is 5.57. The fourth-order valence-electron chi connectivity index (χ4n) is 2.07. The van der Waals surface area contributed by atoms with Crippen LogP contribution in [0, 0.1) is 24.2 Å². The molecule has 1 rings (SSSR count). The standard InChI is InChI=1S/C17H23N3O2/c1-5-20(11-10-18)17(22)15(12(2)3)19-16(21)14-8-6-13(4)7-9-14/h6-9,12,15H,5,11H2,1-4H3,(H,19,21)/t15-/m0/s1. The van der Waals surface area contributed by atoms with E-state index in [0.717, 1.165) is 5.56 Å². The van der Waals surface area contributed by atoms with Crippen LogP contribution in [0.2, 0.25) is 0 Å². The van der Waals surface area contributed by atoms with Crippen LogP contribution >= 0.6 is 0 Å². The number of rotatable bonds is 6. The molecule has 0 heterocycles. The highest BCUT2D eigenvalue weighted by molar-refractivity contribution is 5.97. The minimum atomic E-state index is -0.637. The lowest BCUT2D eigenvalue weighted by Gasteiger charge is -2.27. The molecule has 0 radical (unpaired) electrons. The molecule has 0 aliphatic carbocycles. The van der Waals surface area contributed by atoms with Crippen LogP contribution in [0.3, 0.4) is 0 Å². The first-order valence-electron chi connectivity index (χ1n) is 7.44. The minimum Gasteiger partial charge on any atom is -0.340 e. The van der Waals surface area contributed by atoms with Crippen molar-refractivity contribution in [3.8, 4) is 6.07 Å². The van der Waals surface area contributed by atoms with Crippen molar-refractivity contribution in [2.45, 2.75) is 33.7 Å². The van der Waals surface area contributed by atoms with E-state index in [1.807, 2.05) is 45.9 Å². The third kappa shape index (κ3) is 4.59. The summed E-state index contributed by atoms with van der Waals surface area (Å²) in [5.41, 5.74) is 1.59. The molecule has 0 saturated heterocycles. The van der Waals surface area contributed by atoms with Gasteiger partial charge in [-0.15, -0.1) is 0 Å². The van der Waals surface area contributed by atoms with Crippen LogP contribution < -0.4 is 5.32 Å². The van der Waals surface area contributed by atoms with E-state index in [1.54, 1.807) is 12.1 Å². The second kappa shape index (κ2) is 8.18. The number of benzene rings is 1. The average molecular weight is 301 g/mol. The Kier molecular flexibility index (Phi) is 6.58. The summed E-state index contributed by atoms with van der Waals surface area (Å²) in [5.74, 6) is -0.561. The molecule has 22 heavy (non-hydrogen) atoms. The predicted octanol–water partition coefficient (Wildman–Crippen LogP) is 2.12. The van der Waals surface area contributed by atoms with Gasteiger partial charge in [0.15, 0.2) is 0 Å². The molecular formula is C17H23N3O2. The number of carbonyl (C=O) groups excluding carboxylic acids is 2. The van der Waals surface area contributed by atoms with Gasteiger partial charge in [0.1, 0.15) is 12.6 Å². The van der Waals surface area contributed by atoms with Gasteiger partial charge in [-0.1, -0.05) is 31.5 Å². The van der Waals surface area contributed by atoms with Crippen molar-refractivity contribution in [2.75, 3.05) is 13.1 Å². The SMILES string of the molecule is CCN(CC#N)C(=O)[C@@H](NC(=O)c1ccc(C)cc1)C(C)C. The highest BCUT2D eigenvalue weighted by Gasteiger charge is 2.28. The van der Waals surface area contributed by atoms with Crippen LogP contribution in [0.15, 0.2) is 24.3 Å². The number of amides is 2. The summed E-state index contributed by atoms with van der Waals surface area (Å²) in [4.78, 5) is 26.2. The molecule has 5 nitrogen and oxygen atoms in total. The first kappa shape index (κ1) is 17.7. The summed E-state index contributed by atoms with van der Waals surface area (Å²) in [7, 11) is 0. The van der Waals surface area contributed by atoms with Gasteiger partial charge in [-0.3, -0.25) is 9.59 Å². The Bertz CT molecular complexity index is 558. The first-order chi connectivity index (χ1) is 10.4. The van der Waals surface area contributed by atoms with Crippen molar-refractivity contribution in [1.82, 2.24) is 10.2 Å². The molecule has 1 aromatic carbocycles. The van der Waals surface area contributed by atoms with E-state index < -0.39 is 6.04 Å². The van der Waals surface area contributed by atoms with E-state index in [1.165, 1.54) is 4.90 Å². The van der Waals surface area contributed by atoms with Crippen LogP contribution in [0.1, 0.15) is 36.7 Å². The first-order valence-corrected chi connectivity index (χ1v) is 7.44. The van der Waals surface area contributed by atoms with Crippen molar-refractivity contribution in [1.29, 1.82) is 5.26 Å². The lowest BCUT2D eigenvalue weighted by molar-refractivity contribution is -0.133. The number of nitrogens with zero attached hydrogens (tertiary/aromatic N) is 2. The Balaban J connectivity index is 2.88. The van der Waals surface area contributed by atoms with Gasteiger partial charge >= 0.3 is 0 Å². The Hall–Kier alpha value is -2.35. The summed E-state index contributed by atoms with van der Waals surface area (Å²) < 4.78 is 0. The van der Waals surface area contributed by atoms with Crippen molar-refractivity contribution in [3.05, 3.63) is 35.4 Å². The number of hydrogen-bond donors (Lipinski definition) is 1. The van der Waals surface area contributed by atoms with Gasteiger partial charge in [0, 0.05) is 12.1 Å². The molecule has 1 atom stereocenters. The van der Waals surface area contributed by atoms with Crippen molar-refractivity contribution < 1.29 is 9.59 Å². The topological polar surface area (TPSA) is 73.2 Å². The fraction of sp³-hybridized carbons (Fsp3) is 0.471. The van der Waals surface area contributed by atoms with Gasteiger partial charge in [0.25, 0.3) is 5.91 Å². The maximum atomic E-state index is 12.5. The molecule has 0 unspecified atom stereocenters. The monoisotopic (exact) mass is 301 g/mol. The van der Waals surface area contributed by atoms with Crippen molar-refractivity contribution in [2.24, 2.45) is 5.92 Å². The van der Waals surface area contributed by atoms with Gasteiger partial charge in [-0.25, -0.2) is 0 Å². The number of carbonyl (C=O) groups is 2. The zero-order valence-corrected chi connectivity index (χ0v) is 13.6. The highest BCUT2D eigenvalue weighted by Crippen LogP contribution is 2.09. The molecule has 118 valence electrons. The van der Waals surface area contributed by atoms with Gasteiger partial charge in [0.05, 0.1) is 6.07 Å². The molecule has 2 amide bonds. The Labute approximate surface area is 131 Å². The van der Waals surface area contributed by atoms with E-state index in [4.69, 9.17) is 5.26 Å². The Morgan fingerprint density at radius 1 is 1.27 bits per heavy atom. The third-order valence-electron chi connectivity index (χ3n) is 3.49. The molecule has 0 fully saturated rings. The summed E-state index contributed by atoms with van der Waals surface area (Å²) in [6, 6.07) is 8.52. The number of likely N-dealkylation sites (N-methyl/N-ethyl adjacent to an activating group) is 1. The number of nitrogens with one attached hydrogen (secondary N) is 1. The van der Waals surface area contributed by atoms with E-state index in [0.29, 0.717) is 12.1 Å². The number of hydrogen-bond acceptors (Lipinski definition) is 3. The van der Waals surface area contributed by atoms with E-state index in [9.17, 15) is 9.59 Å². The Morgan fingerprint density at radius 3 is 2.32 bits per heavy atom. The molecule has 0 saturated carbocycles. The molecular weight excluding hydrogens is 278 g/mol. The van der Waals surface area contributed by atoms with Crippen molar-refractivity contribution >= 4 is 11.8 Å². The molecule has 0 aliphatic heterocycles. The van der Waals surface area contributed by atoms with Crippen LogP contribution in [-0.4, -0.2) is 35.8 Å². The molecule has 0 aromatic heterocycles. The molecule has 1 N–H and O–H groups in total. The van der Waals surface area contributed by atoms with Crippen LogP contribution in [0.4, 0.5) is 0 Å². The fourth-order valence-corrected chi connectivity index (χ4v) is 2.07. The smallest absolute Gasteiger partial charge is 0.251 e. The largest absolute Gasteiger partial charge is 0.340 e. The van der Waals surface area contributed by atoms with E-state index >= 15 is 0 Å². The van der Waals surface area contributed by atoms with Crippen molar-refractivity contribution in [3.63, 3.8) is 0 Å². The van der Waals surface area contributed by atoms with Gasteiger partial charge in [0.2, 0.25) is 5.91 Å². The average Bonchev–Trinajstić information content (AvgIpc) is 2.49. The molecule has 5 heteroatoms. The maximum Gasteiger partial charge on any atom is 0.251 e. The number of aryl methyl sites for hydroxylation is 1. The third-order valence-corrected chi connectivity index (χ3v) is 3.49. The summed E-state index contributed by atoms with van der Waals surface area (Å²) in [6.07, 6.45) is 0. The van der Waals surface area contributed by atoms with Gasteiger partial charge in [-0.05, 0) is 31.9 Å². The van der Waals surface area contributed by atoms with Gasteiger partial charge < -0.3 is 10.2 Å². The summed E-state index contributed by atoms with van der Waals surface area (Å²) in [5, 5.41) is 11.6. The summed E-state index contributed by atoms with van der Waals surface area (Å²) >= 11 is 0. The zero-order valence-electron chi connectivity index (χ0n) is 13.6. The van der Waals surface area contributed by atoms with E-state index in [2.05, 4.69) is 5.32 Å². The van der Waals surface area contributed by atoms with Crippen LogP contribution in [0.5, 0.6) is 0 Å². The van der Waals surface area contributed by atoms with E-state index in [-0.39, 0.29) is 24.3 Å². The predicted molar refractivity (Wildman–Crippen MR) is 85.1 cm³/mol. The molecule has 0 bridgehead atoms. The second-order valence-corrected chi connectivity index (χ2v) is 5.57. The van der Waals surface area contributed by atoms with Crippen LogP contribution in [0.25, 0.3) is 0 Å². The van der Waals surface area contributed by atoms with Crippen LogP contribution in [-0.2, 0) is 4.79 Å². The minimum absolute atomic E-state index is 0.0267. The lowest BCUT2D eigenvalue weighted by Crippen LogP contribution is -2.51. The highest BCUT2D eigenvalue weighted by atomic mass is 16.2. The van der Waals surface area contributed by atoms with Gasteiger partial charge in [-0.2, -0.15) is 5.26 Å². The number of nitriles is 1. The summed E-state index contributed by atoms with van der Waals surface area (Å²) in [6.45, 7) is 7.98. The Morgan fingerprint density at radius 2 is 1.86 bits per heavy atom. The molecule has 1 aromatic rings. The zero-order chi connectivity index (χ0) is 16.7. The quantitative estimate of drug-likeness (QED) is 0.818. The lowest BCUT2D eigenvalue weighted by atomic mass is 10.0. The molecule has 0 spiro atoms. The molecule has 0 aliphatic rings.